The Hall–Kier alpha value is -1.71. The molecule has 1 unspecified atom stereocenters. The van der Waals surface area contributed by atoms with E-state index in [-0.39, 0.29) is 11.5 Å². The zero-order valence-electron chi connectivity index (χ0n) is 19.3. The molecule has 30 heavy (non-hydrogen) atoms. The van der Waals surface area contributed by atoms with E-state index in [1.54, 1.807) is 6.07 Å². The number of aromatic hydroxyl groups is 2. The number of carboxylic acids is 1. The van der Waals surface area contributed by atoms with E-state index >= 15 is 0 Å². The van der Waals surface area contributed by atoms with Gasteiger partial charge in [-0.15, -0.1) is 0 Å². The Kier molecular flexibility index (Phi) is 13.3. The molecule has 0 spiro atoms. The number of phenols is 2. The smallest absolute Gasteiger partial charge is 0.314 e. The van der Waals surface area contributed by atoms with Gasteiger partial charge in [0.25, 0.3) is 0 Å². The molecule has 0 fully saturated rings. The van der Waals surface area contributed by atoms with Crippen LogP contribution < -0.4 is 0 Å². The van der Waals surface area contributed by atoms with E-state index in [0.29, 0.717) is 18.4 Å². The van der Waals surface area contributed by atoms with E-state index in [4.69, 9.17) is 0 Å². The van der Waals surface area contributed by atoms with Crippen LogP contribution in [0.1, 0.15) is 122 Å². The van der Waals surface area contributed by atoms with Crippen LogP contribution in [0.2, 0.25) is 0 Å². The van der Waals surface area contributed by atoms with Gasteiger partial charge in [0, 0.05) is 0 Å². The van der Waals surface area contributed by atoms with Crippen molar-refractivity contribution in [2.75, 3.05) is 0 Å². The van der Waals surface area contributed by atoms with Gasteiger partial charge in [0.05, 0.1) is 5.41 Å². The molecule has 0 amide bonds. The van der Waals surface area contributed by atoms with Gasteiger partial charge in [-0.1, -0.05) is 110 Å². The quantitative estimate of drug-likeness (QED) is 0.168. The second kappa shape index (κ2) is 15.1. The third-order valence-corrected chi connectivity index (χ3v) is 6.50. The highest BCUT2D eigenvalue weighted by molar-refractivity contribution is 5.81. The SMILES string of the molecule is CCCCCCCCCCCCCCCCC(CC)(C(=O)O)c1ccc(O)c(O)c1. The summed E-state index contributed by atoms with van der Waals surface area (Å²) in [6, 6.07) is 4.40. The maximum atomic E-state index is 12.1. The number of aliphatic carboxylic acids is 1. The molecule has 0 radical (unpaired) electrons. The van der Waals surface area contributed by atoms with Gasteiger partial charge in [-0.2, -0.15) is 0 Å². The van der Waals surface area contributed by atoms with Gasteiger partial charge in [0.15, 0.2) is 11.5 Å². The van der Waals surface area contributed by atoms with E-state index < -0.39 is 11.4 Å². The maximum Gasteiger partial charge on any atom is 0.314 e. The average Bonchev–Trinajstić information content (AvgIpc) is 2.73. The molecule has 0 aromatic heterocycles. The lowest BCUT2D eigenvalue weighted by molar-refractivity contribution is -0.144. The molecule has 1 aromatic rings. The third-order valence-electron chi connectivity index (χ3n) is 6.50. The molecule has 0 saturated carbocycles. The lowest BCUT2D eigenvalue weighted by atomic mass is 9.74. The van der Waals surface area contributed by atoms with Crippen molar-refractivity contribution in [2.24, 2.45) is 0 Å². The van der Waals surface area contributed by atoms with Gasteiger partial charge in [-0.3, -0.25) is 4.79 Å². The van der Waals surface area contributed by atoms with Crippen LogP contribution in [0.3, 0.4) is 0 Å². The fourth-order valence-corrected chi connectivity index (χ4v) is 4.35. The topological polar surface area (TPSA) is 77.8 Å². The van der Waals surface area contributed by atoms with Gasteiger partial charge in [0.2, 0.25) is 0 Å². The predicted octanol–water partition coefficient (Wildman–Crippen LogP) is 7.70. The van der Waals surface area contributed by atoms with E-state index in [1.165, 1.54) is 82.8 Å². The Bertz CT molecular complexity index is 599. The van der Waals surface area contributed by atoms with Gasteiger partial charge in [-0.05, 0) is 30.5 Å². The van der Waals surface area contributed by atoms with Crippen molar-refractivity contribution >= 4 is 5.97 Å². The summed E-state index contributed by atoms with van der Waals surface area (Å²) in [7, 11) is 0. The third kappa shape index (κ3) is 8.97. The monoisotopic (exact) mass is 420 g/mol. The summed E-state index contributed by atoms with van der Waals surface area (Å²) < 4.78 is 0. The van der Waals surface area contributed by atoms with Crippen LogP contribution >= 0.6 is 0 Å². The molecular formula is C26H44O4. The zero-order chi connectivity index (χ0) is 22.2. The number of unbranched alkanes of at least 4 members (excludes halogenated alkanes) is 13. The summed E-state index contributed by atoms with van der Waals surface area (Å²) >= 11 is 0. The summed E-state index contributed by atoms with van der Waals surface area (Å²) in [5.41, 5.74) is -0.426. The summed E-state index contributed by atoms with van der Waals surface area (Å²) in [6.07, 6.45) is 18.8. The van der Waals surface area contributed by atoms with Gasteiger partial charge < -0.3 is 15.3 Å². The minimum absolute atomic E-state index is 0.217. The lowest BCUT2D eigenvalue weighted by Gasteiger charge is -2.29. The predicted molar refractivity (Wildman–Crippen MR) is 124 cm³/mol. The normalized spacial score (nSPS) is 13.3. The van der Waals surface area contributed by atoms with Crippen LogP contribution in [0, 0.1) is 0 Å². The molecule has 4 heteroatoms. The number of benzene rings is 1. The van der Waals surface area contributed by atoms with Crippen LogP contribution in [0.15, 0.2) is 18.2 Å². The highest BCUT2D eigenvalue weighted by Crippen LogP contribution is 2.38. The minimum Gasteiger partial charge on any atom is -0.504 e. The molecule has 1 atom stereocenters. The molecule has 0 aliphatic rings. The van der Waals surface area contributed by atoms with Crippen LogP contribution in [0.5, 0.6) is 11.5 Å². The average molecular weight is 421 g/mol. The fraction of sp³-hybridized carbons (Fsp3) is 0.731. The molecule has 0 heterocycles. The van der Waals surface area contributed by atoms with E-state index in [1.807, 2.05) is 6.92 Å². The standard InChI is InChI=1S/C26H44O4/c1-3-5-6-7-8-9-10-11-12-13-14-15-16-17-20-26(4-2,25(29)30)22-18-19-23(27)24(28)21-22/h18-19,21,27-28H,3-17,20H2,1-2H3,(H,29,30). The zero-order valence-corrected chi connectivity index (χ0v) is 19.3. The number of rotatable bonds is 18. The Balaban J connectivity index is 2.23. The van der Waals surface area contributed by atoms with Crippen molar-refractivity contribution in [2.45, 2.75) is 122 Å². The lowest BCUT2D eigenvalue weighted by Crippen LogP contribution is -2.35. The van der Waals surface area contributed by atoms with Crippen LogP contribution in [-0.2, 0) is 10.2 Å². The first-order valence-electron chi connectivity index (χ1n) is 12.2. The van der Waals surface area contributed by atoms with Crippen molar-refractivity contribution in [3.8, 4) is 11.5 Å². The van der Waals surface area contributed by atoms with Crippen molar-refractivity contribution in [1.82, 2.24) is 0 Å². The molecule has 0 aliphatic heterocycles. The van der Waals surface area contributed by atoms with Crippen molar-refractivity contribution in [1.29, 1.82) is 0 Å². The Morgan fingerprint density at radius 3 is 1.60 bits per heavy atom. The summed E-state index contributed by atoms with van der Waals surface area (Å²) in [5.74, 6) is -1.33. The molecule has 4 nitrogen and oxygen atoms in total. The van der Waals surface area contributed by atoms with Crippen molar-refractivity contribution < 1.29 is 20.1 Å². The molecule has 1 rings (SSSR count). The first-order chi connectivity index (χ1) is 14.5. The van der Waals surface area contributed by atoms with Gasteiger partial charge in [-0.25, -0.2) is 0 Å². The molecule has 1 aromatic carbocycles. The first-order valence-corrected chi connectivity index (χ1v) is 12.2. The molecule has 172 valence electrons. The van der Waals surface area contributed by atoms with Gasteiger partial charge in [0.1, 0.15) is 0 Å². The first kappa shape index (κ1) is 26.3. The highest BCUT2D eigenvalue weighted by Gasteiger charge is 2.38. The second-order valence-corrected chi connectivity index (χ2v) is 8.79. The molecular weight excluding hydrogens is 376 g/mol. The Morgan fingerprint density at radius 1 is 0.733 bits per heavy atom. The van der Waals surface area contributed by atoms with Crippen LogP contribution in [0.4, 0.5) is 0 Å². The number of carboxylic acid groups (broad SMARTS) is 1. The molecule has 0 bridgehead atoms. The maximum absolute atomic E-state index is 12.1. The van der Waals surface area contributed by atoms with Crippen molar-refractivity contribution in [3.63, 3.8) is 0 Å². The Labute approximate surface area is 183 Å². The summed E-state index contributed by atoms with van der Waals surface area (Å²) in [5, 5.41) is 29.2. The van der Waals surface area contributed by atoms with E-state index in [9.17, 15) is 20.1 Å². The molecule has 0 saturated heterocycles. The largest absolute Gasteiger partial charge is 0.504 e. The molecule has 0 aliphatic carbocycles. The minimum atomic E-state index is -0.998. The number of hydrogen-bond acceptors (Lipinski definition) is 3. The van der Waals surface area contributed by atoms with Crippen LogP contribution in [0.25, 0.3) is 0 Å². The Morgan fingerprint density at radius 2 is 1.20 bits per heavy atom. The van der Waals surface area contributed by atoms with E-state index in [2.05, 4.69) is 6.92 Å². The second-order valence-electron chi connectivity index (χ2n) is 8.79. The summed E-state index contributed by atoms with van der Waals surface area (Å²) in [6.45, 7) is 4.13. The highest BCUT2D eigenvalue weighted by atomic mass is 16.4. The number of hydrogen-bond donors (Lipinski definition) is 3. The summed E-state index contributed by atoms with van der Waals surface area (Å²) in [4.78, 5) is 12.1. The number of phenolic OH excluding ortho intramolecular Hbond substituents is 2. The fourth-order valence-electron chi connectivity index (χ4n) is 4.35. The number of carbonyl (C=O) groups is 1. The van der Waals surface area contributed by atoms with Gasteiger partial charge >= 0.3 is 5.97 Å². The van der Waals surface area contributed by atoms with E-state index in [0.717, 1.165) is 19.3 Å². The van der Waals surface area contributed by atoms with Crippen molar-refractivity contribution in [3.05, 3.63) is 23.8 Å². The molecule has 3 N–H and O–H groups in total. The van der Waals surface area contributed by atoms with Crippen LogP contribution in [-0.4, -0.2) is 21.3 Å².